The van der Waals surface area contributed by atoms with Gasteiger partial charge >= 0.3 is 5.97 Å². The van der Waals surface area contributed by atoms with Crippen LogP contribution in [0.3, 0.4) is 0 Å². The molecule has 0 aromatic heterocycles. The Labute approximate surface area is 147 Å². The predicted octanol–water partition coefficient (Wildman–Crippen LogP) is 3.85. The number of carbonyl (C=O) groups is 2. The molecular formula is C20H22N2O3. The van der Waals surface area contributed by atoms with Gasteiger partial charge in [-0.3, -0.25) is 4.79 Å². The molecule has 2 rings (SSSR count). The summed E-state index contributed by atoms with van der Waals surface area (Å²) in [5.74, 6) is -0.0407. The van der Waals surface area contributed by atoms with Crippen LogP contribution in [0.15, 0.2) is 53.6 Å². The lowest BCUT2D eigenvalue weighted by Gasteiger charge is -2.05. The van der Waals surface area contributed by atoms with Gasteiger partial charge in [0, 0.05) is 6.42 Å². The van der Waals surface area contributed by atoms with Crippen LogP contribution in [0.1, 0.15) is 47.7 Å². The van der Waals surface area contributed by atoms with Gasteiger partial charge in [0.05, 0.1) is 11.8 Å². The van der Waals surface area contributed by atoms with Crippen molar-refractivity contribution in [3.63, 3.8) is 0 Å². The number of carbonyl (C=O) groups excluding carboxylic acids is 2. The zero-order valence-corrected chi connectivity index (χ0v) is 14.5. The fourth-order valence-electron chi connectivity index (χ4n) is 2.05. The molecule has 2 aromatic rings. The molecule has 0 radical (unpaired) electrons. The van der Waals surface area contributed by atoms with Gasteiger partial charge in [-0.15, -0.1) is 0 Å². The first-order chi connectivity index (χ1) is 12.1. The number of benzene rings is 2. The van der Waals surface area contributed by atoms with E-state index < -0.39 is 5.97 Å². The summed E-state index contributed by atoms with van der Waals surface area (Å²) < 4.78 is 5.33. The summed E-state index contributed by atoms with van der Waals surface area (Å²) in [5.41, 5.74) is 4.87. The molecule has 0 saturated heterocycles. The third-order valence-electron chi connectivity index (χ3n) is 3.54. The van der Waals surface area contributed by atoms with Crippen LogP contribution in [0.4, 0.5) is 0 Å². The number of amides is 1. The van der Waals surface area contributed by atoms with E-state index in [1.165, 1.54) is 0 Å². The second kappa shape index (κ2) is 9.37. The van der Waals surface area contributed by atoms with Crippen molar-refractivity contribution in [1.82, 2.24) is 5.43 Å². The van der Waals surface area contributed by atoms with Gasteiger partial charge in [-0.2, -0.15) is 5.10 Å². The molecule has 0 aliphatic heterocycles. The van der Waals surface area contributed by atoms with Crippen molar-refractivity contribution < 1.29 is 14.3 Å². The van der Waals surface area contributed by atoms with Crippen LogP contribution in [0.5, 0.6) is 5.75 Å². The second-order valence-corrected chi connectivity index (χ2v) is 5.72. The molecule has 0 heterocycles. The van der Waals surface area contributed by atoms with E-state index in [1.807, 2.05) is 26.0 Å². The Kier molecular flexibility index (Phi) is 6.89. The van der Waals surface area contributed by atoms with Gasteiger partial charge in [0.15, 0.2) is 0 Å². The van der Waals surface area contributed by atoms with Crippen molar-refractivity contribution >= 4 is 18.1 Å². The standard InChI is InChI=1S/C20H22N2O3/c1-3-4-5-19(23)22-21-14-16-8-12-18(13-9-16)25-20(24)17-10-6-15(2)7-11-17/h6-14H,3-5H2,1-2H3,(H,22,23). The van der Waals surface area contributed by atoms with Crippen molar-refractivity contribution in [2.24, 2.45) is 5.10 Å². The van der Waals surface area contributed by atoms with Gasteiger partial charge in [0.2, 0.25) is 5.91 Å². The third-order valence-corrected chi connectivity index (χ3v) is 3.54. The maximum atomic E-state index is 12.0. The SMILES string of the molecule is CCCCC(=O)NN=Cc1ccc(OC(=O)c2ccc(C)cc2)cc1. The molecule has 2 aromatic carbocycles. The zero-order chi connectivity index (χ0) is 18.1. The summed E-state index contributed by atoms with van der Waals surface area (Å²) in [6, 6.07) is 14.1. The Morgan fingerprint density at radius 1 is 1.08 bits per heavy atom. The van der Waals surface area contributed by atoms with Crippen LogP contribution in [-0.4, -0.2) is 18.1 Å². The summed E-state index contributed by atoms with van der Waals surface area (Å²) in [6.07, 6.45) is 3.85. The highest BCUT2D eigenvalue weighted by Gasteiger charge is 2.07. The molecule has 130 valence electrons. The topological polar surface area (TPSA) is 67.8 Å². The number of nitrogens with zero attached hydrogens (tertiary/aromatic N) is 1. The Bertz CT molecular complexity index is 735. The summed E-state index contributed by atoms with van der Waals surface area (Å²) in [4.78, 5) is 23.5. The fourth-order valence-corrected chi connectivity index (χ4v) is 2.05. The molecule has 0 unspecified atom stereocenters. The largest absolute Gasteiger partial charge is 0.423 e. The van der Waals surface area contributed by atoms with Crippen LogP contribution in [0.2, 0.25) is 0 Å². The van der Waals surface area contributed by atoms with E-state index in [2.05, 4.69) is 10.5 Å². The highest BCUT2D eigenvalue weighted by atomic mass is 16.5. The number of nitrogens with one attached hydrogen (secondary N) is 1. The number of ether oxygens (including phenoxy) is 1. The van der Waals surface area contributed by atoms with E-state index in [-0.39, 0.29) is 5.91 Å². The first kappa shape index (κ1) is 18.4. The Morgan fingerprint density at radius 3 is 2.40 bits per heavy atom. The number of unbranched alkanes of at least 4 members (excludes halogenated alkanes) is 1. The van der Waals surface area contributed by atoms with E-state index in [1.54, 1.807) is 42.6 Å². The quantitative estimate of drug-likeness (QED) is 0.361. The summed E-state index contributed by atoms with van der Waals surface area (Å²) in [7, 11) is 0. The van der Waals surface area contributed by atoms with Crippen molar-refractivity contribution in [2.45, 2.75) is 33.1 Å². The highest BCUT2D eigenvalue weighted by molar-refractivity contribution is 5.91. The minimum absolute atomic E-state index is 0.0956. The molecule has 0 atom stereocenters. The number of esters is 1. The smallest absolute Gasteiger partial charge is 0.343 e. The van der Waals surface area contributed by atoms with E-state index in [0.717, 1.165) is 24.0 Å². The normalized spacial score (nSPS) is 10.6. The molecule has 25 heavy (non-hydrogen) atoms. The number of hydrogen-bond donors (Lipinski definition) is 1. The average Bonchev–Trinajstić information content (AvgIpc) is 2.62. The van der Waals surface area contributed by atoms with Gasteiger partial charge in [-0.1, -0.05) is 31.0 Å². The van der Waals surface area contributed by atoms with Crippen molar-refractivity contribution in [3.8, 4) is 5.75 Å². The van der Waals surface area contributed by atoms with Crippen LogP contribution < -0.4 is 10.2 Å². The minimum atomic E-state index is -0.399. The number of hydrogen-bond acceptors (Lipinski definition) is 4. The van der Waals surface area contributed by atoms with E-state index in [0.29, 0.717) is 17.7 Å². The maximum Gasteiger partial charge on any atom is 0.343 e. The Hall–Kier alpha value is -2.95. The molecule has 0 aliphatic carbocycles. The average molecular weight is 338 g/mol. The van der Waals surface area contributed by atoms with Crippen molar-refractivity contribution in [1.29, 1.82) is 0 Å². The molecule has 0 bridgehead atoms. The lowest BCUT2D eigenvalue weighted by molar-refractivity contribution is -0.121. The molecule has 0 aliphatic rings. The van der Waals surface area contributed by atoms with E-state index >= 15 is 0 Å². The van der Waals surface area contributed by atoms with Gasteiger partial charge in [0.25, 0.3) is 0 Å². The Morgan fingerprint density at radius 2 is 1.76 bits per heavy atom. The van der Waals surface area contributed by atoms with E-state index in [4.69, 9.17) is 4.74 Å². The number of aryl methyl sites for hydroxylation is 1. The molecule has 0 saturated carbocycles. The molecule has 0 spiro atoms. The maximum absolute atomic E-state index is 12.0. The van der Waals surface area contributed by atoms with Gasteiger partial charge in [0.1, 0.15) is 5.75 Å². The molecule has 5 nitrogen and oxygen atoms in total. The fraction of sp³-hybridized carbons (Fsp3) is 0.250. The highest BCUT2D eigenvalue weighted by Crippen LogP contribution is 2.14. The lowest BCUT2D eigenvalue weighted by atomic mass is 10.1. The number of rotatable bonds is 7. The predicted molar refractivity (Wildman–Crippen MR) is 97.8 cm³/mol. The molecule has 1 amide bonds. The van der Waals surface area contributed by atoms with Gasteiger partial charge in [-0.05, 0) is 55.3 Å². The van der Waals surface area contributed by atoms with Crippen molar-refractivity contribution in [3.05, 3.63) is 65.2 Å². The minimum Gasteiger partial charge on any atom is -0.423 e. The third kappa shape index (κ3) is 6.22. The van der Waals surface area contributed by atoms with Crippen molar-refractivity contribution in [2.75, 3.05) is 0 Å². The summed E-state index contributed by atoms with van der Waals surface area (Å²) >= 11 is 0. The zero-order valence-electron chi connectivity index (χ0n) is 14.5. The van der Waals surface area contributed by atoms with E-state index in [9.17, 15) is 9.59 Å². The Balaban J connectivity index is 1.88. The van der Waals surface area contributed by atoms with Crippen LogP contribution >= 0.6 is 0 Å². The summed E-state index contributed by atoms with van der Waals surface area (Å²) in [5, 5.41) is 3.91. The molecule has 0 fully saturated rings. The van der Waals surface area contributed by atoms with Crippen LogP contribution in [0.25, 0.3) is 0 Å². The first-order valence-electron chi connectivity index (χ1n) is 8.29. The lowest BCUT2D eigenvalue weighted by Crippen LogP contribution is -2.16. The van der Waals surface area contributed by atoms with Crippen LogP contribution in [-0.2, 0) is 4.79 Å². The molecule has 1 N–H and O–H groups in total. The monoisotopic (exact) mass is 338 g/mol. The number of hydrazone groups is 1. The first-order valence-corrected chi connectivity index (χ1v) is 8.29. The molecular weight excluding hydrogens is 316 g/mol. The second-order valence-electron chi connectivity index (χ2n) is 5.72. The molecule has 5 heteroatoms. The summed E-state index contributed by atoms with van der Waals surface area (Å²) in [6.45, 7) is 3.99. The van der Waals surface area contributed by atoms with Crippen LogP contribution in [0, 0.1) is 6.92 Å². The van der Waals surface area contributed by atoms with Gasteiger partial charge in [-0.25, -0.2) is 10.2 Å². The van der Waals surface area contributed by atoms with Gasteiger partial charge < -0.3 is 4.74 Å².